The number of hydrogen-bond donors (Lipinski definition) is 1. The largest absolute Gasteiger partial charge is 0.416 e. The van der Waals surface area contributed by atoms with Crippen LogP contribution < -0.4 is 5.32 Å². The molecule has 4 nitrogen and oxygen atoms in total. The van der Waals surface area contributed by atoms with Gasteiger partial charge in [-0.1, -0.05) is 23.7 Å². The molecule has 1 aliphatic rings. The van der Waals surface area contributed by atoms with Gasteiger partial charge in [-0.3, -0.25) is 0 Å². The maximum absolute atomic E-state index is 12.7. The predicted octanol–water partition coefficient (Wildman–Crippen LogP) is 3.99. The lowest BCUT2D eigenvalue weighted by atomic mass is 10.1. The van der Waals surface area contributed by atoms with Gasteiger partial charge in [-0.05, 0) is 31.5 Å². The van der Waals surface area contributed by atoms with Gasteiger partial charge in [-0.2, -0.15) is 18.2 Å². The zero-order valence-electron chi connectivity index (χ0n) is 11.6. The van der Waals surface area contributed by atoms with Crippen molar-refractivity contribution in [2.24, 2.45) is 0 Å². The molecule has 0 radical (unpaired) electrons. The van der Waals surface area contributed by atoms with Crippen LogP contribution in [0.15, 0.2) is 28.8 Å². The third-order valence-corrected chi connectivity index (χ3v) is 3.50. The summed E-state index contributed by atoms with van der Waals surface area (Å²) in [5.74, 6) is 0.616. The zero-order chi connectivity index (χ0) is 14.9. The summed E-state index contributed by atoms with van der Waals surface area (Å²) in [6, 6.07) is 4.92. The second kappa shape index (κ2) is 6.66. The Kier molecular flexibility index (Phi) is 5.08. The van der Waals surface area contributed by atoms with Crippen LogP contribution in [0.1, 0.15) is 36.8 Å². The van der Waals surface area contributed by atoms with Crippen LogP contribution >= 0.6 is 12.4 Å². The SMILES string of the molecule is Cl.FC(F)(F)c1cccc(-c2noc([C@H]3CCCCN3)n2)c1. The van der Waals surface area contributed by atoms with Gasteiger partial charge in [0, 0.05) is 5.56 Å². The summed E-state index contributed by atoms with van der Waals surface area (Å²) >= 11 is 0. The molecule has 0 amide bonds. The molecule has 22 heavy (non-hydrogen) atoms. The van der Waals surface area contributed by atoms with Gasteiger partial charge >= 0.3 is 6.18 Å². The lowest BCUT2D eigenvalue weighted by Crippen LogP contribution is -2.26. The summed E-state index contributed by atoms with van der Waals surface area (Å²) in [7, 11) is 0. The van der Waals surface area contributed by atoms with E-state index in [2.05, 4.69) is 15.5 Å². The molecule has 0 bridgehead atoms. The highest BCUT2D eigenvalue weighted by atomic mass is 35.5. The summed E-state index contributed by atoms with van der Waals surface area (Å²) in [5, 5.41) is 7.05. The lowest BCUT2D eigenvalue weighted by molar-refractivity contribution is -0.137. The fraction of sp³-hybridized carbons (Fsp3) is 0.429. The monoisotopic (exact) mass is 333 g/mol. The number of aromatic nitrogens is 2. The number of alkyl halides is 3. The van der Waals surface area contributed by atoms with E-state index in [9.17, 15) is 13.2 Å². The topological polar surface area (TPSA) is 51.0 Å². The number of rotatable bonds is 2. The molecule has 3 rings (SSSR count). The van der Waals surface area contributed by atoms with Gasteiger partial charge in [-0.25, -0.2) is 0 Å². The molecule has 0 saturated carbocycles. The summed E-state index contributed by atoms with van der Waals surface area (Å²) in [6.07, 6.45) is -1.32. The first kappa shape index (κ1) is 16.8. The van der Waals surface area contributed by atoms with Crippen LogP contribution in [0.5, 0.6) is 0 Å². The first-order valence-electron chi connectivity index (χ1n) is 6.78. The highest BCUT2D eigenvalue weighted by molar-refractivity contribution is 5.85. The third kappa shape index (κ3) is 3.59. The van der Waals surface area contributed by atoms with Gasteiger partial charge < -0.3 is 9.84 Å². The van der Waals surface area contributed by atoms with Crippen molar-refractivity contribution in [2.75, 3.05) is 6.54 Å². The number of halogens is 4. The molecule has 2 heterocycles. The van der Waals surface area contributed by atoms with Crippen molar-refractivity contribution >= 4 is 12.4 Å². The number of piperidine rings is 1. The Bertz CT molecular complexity index is 624. The lowest BCUT2D eigenvalue weighted by Gasteiger charge is -2.19. The fourth-order valence-electron chi connectivity index (χ4n) is 2.39. The summed E-state index contributed by atoms with van der Waals surface area (Å²) in [6.45, 7) is 0.881. The van der Waals surface area contributed by atoms with E-state index >= 15 is 0 Å². The minimum absolute atomic E-state index is 0. The Balaban J connectivity index is 0.00000176. The molecule has 1 aromatic carbocycles. The van der Waals surface area contributed by atoms with Gasteiger partial charge in [-0.15, -0.1) is 12.4 Å². The summed E-state index contributed by atoms with van der Waals surface area (Å²) < 4.78 is 43.3. The van der Waals surface area contributed by atoms with Gasteiger partial charge in [0.1, 0.15) is 0 Å². The van der Waals surface area contributed by atoms with Crippen LogP contribution in [0.3, 0.4) is 0 Å². The third-order valence-electron chi connectivity index (χ3n) is 3.50. The van der Waals surface area contributed by atoms with Gasteiger partial charge in [0.15, 0.2) is 0 Å². The number of nitrogens with one attached hydrogen (secondary N) is 1. The van der Waals surface area contributed by atoms with E-state index < -0.39 is 11.7 Å². The number of benzene rings is 1. The van der Waals surface area contributed by atoms with Crippen molar-refractivity contribution in [1.29, 1.82) is 0 Å². The molecule has 0 unspecified atom stereocenters. The molecule has 1 aliphatic heterocycles. The summed E-state index contributed by atoms with van der Waals surface area (Å²) in [5.41, 5.74) is -0.419. The molecular formula is C14H15ClF3N3O. The molecule has 0 aliphatic carbocycles. The highest BCUT2D eigenvalue weighted by Gasteiger charge is 2.31. The smallest absolute Gasteiger partial charge is 0.337 e. The van der Waals surface area contributed by atoms with Crippen molar-refractivity contribution in [3.63, 3.8) is 0 Å². The molecule has 1 N–H and O–H groups in total. The second-order valence-corrected chi connectivity index (χ2v) is 5.04. The highest BCUT2D eigenvalue weighted by Crippen LogP contribution is 2.32. The maximum atomic E-state index is 12.7. The molecule has 1 saturated heterocycles. The predicted molar refractivity (Wildman–Crippen MR) is 76.6 cm³/mol. The second-order valence-electron chi connectivity index (χ2n) is 5.04. The number of hydrogen-bond acceptors (Lipinski definition) is 4. The number of nitrogens with zero attached hydrogens (tertiary/aromatic N) is 2. The normalized spacial score (nSPS) is 18.8. The molecule has 120 valence electrons. The van der Waals surface area contributed by atoms with Crippen LogP contribution in [0.4, 0.5) is 13.2 Å². The average Bonchev–Trinajstić information content (AvgIpc) is 2.97. The maximum Gasteiger partial charge on any atom is 0.416 e. The molecule has 8 heteroatoms. The van der Waals surface area contributed by atoms with Crippen LogP contribution in [0.25, 0.3) is 11.4 Å². The Hall–Kier alpha value is -1.60. The van der Waals surface area contributed by atoms with Gasteiger partial charge in [0.2, 0.25) is 11.7 Å². The van der Waals surface area contributed by atoms with Crippen molar-refractivity contribution in [3.8, 4) is 11.4 Å². The van der Waals surface area contributed by atoms with E-state index in [1.807, 2.05) is 0 Å². The standard InChI is InChI=1S/C14H14F3N3O.ClH/c15-14(16,17)10-5-3-4-9(8-10)12-19-13(21-20-12)11-6-1-2-7-18-11;/h3-5,8,11,18H,1-2,6-7H2;1H/t11-;/m1./s1. The molecule has 0 spiro atoms. The first-order valence-corrected chi connectivity index (χ1v) is 6.78. The molecular weight excluding hydrogens is 319 g/mol. The molecule has 2 aromatic rings. The molecule has 1 aromatic heterocycles. The van der Waals surface area contributed by atoms with Crippen LogP contribution in [-0.2, 0) is 6.18 Å². The van der Waals surface area contributed by atoms with E-state index in [1.165, 1.54) is 12.1 Å². The first-order chi connectivity index (χ1) is 10.0. The average molecular weight is 334 g/mol. The van der Waals surface area contributed by atoms with Crippen molar-refractivity contribution in [1.82, 2.24) is 15.5 Å². The van der Waals surface area contributed by atoms with E-state index in [-0.39, 0.29) is 24.3 Å². The fourth-order valence-corrected chi connectivity index (χ4v) is 2.39. The van der Waals surface area contributed by atoms with Crippen LogP contribution in [0, 0.1) is 0 Å². The van der Waals surface area contributed by atoms with E-state index in [0.717, 1.165) is 37.9 Å². The van der Waals surface area contributed by atoms with Crippen molar-refractivity contribution in [3.05, 3.63) is 35.7 Å². The minimum Gasteiger partial charge on any atom is -0.337 e. The van der Waals surface area contributed by atoms with E-state index in [4.69, 9.17) is 4.52 Å². The van der Waals surface area contributed by atoms with Gasteiger partial charge in [0.05, 0.1) is 11.6 Å². The summed E-state index contributed by atoms with van der Waals surface area (Å²) in [4.78, 5) is 4.22. The van der Waals surface area contributed by atoms with Crippen LogP contribution in [0.2, 0.25) is 0 Å². The molecule has 1 atom stereocenters. The van der Waals surface area contributed by atoms with Crippen molar-refractivity contribution < 1.29 is 17.7 Å². The van der Waals surface area contributed by atoms with Crippen LogP contribution in [-0.4, -0.2) is 16.7 Å². The Morgan fingerprint density at radius 1 is 1.23 bits per heavy atom. The Morgan fingerprint density at radius 2 is 2.05 bits per heavy atom. The minimum atomic E-state index is -4.38. The quantitative estimate of drug-likeness (QED) is 0.902. The van der Waals surface area contributed by atoms with E-state index in [1.54, 1.807) is 0 Å². The Morgan fingerprint density at radius 3 is 2.73 bits per heavy atom. The van der Waals surface area contributed by atoms with Crippen molar-refractivity contribution in [2.45, 2.75) is 31.5 Å². The van der Waals surface area contributed by atoms with Gasteiger partial charge in [0.25, 0.3) is 0 Å². The van der Waals surface area contributed by atoms with E-state index in [0.29, 0.717) is 11.5 Å². The molecule has 1 fully saturated rings. The Labute approximate surface area is 131 Å². The zero-order valence-corrected chi connectivity index (χ0v) is 12.4.